The minimum absolute atomic E-state index is 0.0262. The van der Waals surface area contributed by atoms with Gasteiger partial charge >= 0.3 is 12.1 Å². The predicted octanol–water partition coefficient (Wildman–Crippen LogP) is 1.15. The summed E-state index contributed by atoms with van der Waals surface area (Å²) in [7, 11) is 0. The topological polar surface area (TPSA) is 143 Å². The number of rotatable bonds is 10. The summed E-state index contributed by atoms with van der Waals surface area (Å²) in [6.07, 6.45) is 1.36. The molecule has 1 aromatic heterocycles. The standard InChI is InChI=1S/C23H29N5O7/c1-2-3-13-34-23(33)27-11-9-26(10-12-27)19(29)15-24-22(32)18-14-20(35-16-21(30)31)28(25-18)17-7-5-4-6-8-17/h4-8,14H,2-3,9-13,15-16H2,1H3,(H,24,32)(H,30,31). The molecule has 1 fully saturated rings. The van der Waals surface area contributed by atoms with Crippen molar-refractivity contribution in [2.75, 3.05) is 45.9 Å². The number of carboxylic acids is 1. The maximum atomic E-state index is 12.6. The molecule has 0 spiro atoms. The predicted molar refractivity (Wildman–Crippen MR) is 123 cm³/mol. The molecule has 3 rings (SSSR count). The number of unbranched alkanes of at least 4 members (excludes halogenated alkanes) is 1. The lowest BCUT2D eigenvalue weighted by Gasteiger charge is -2.34. The van der Waals surface area contributed by atoms with E-state index in [1.165, 1.54) is 10.7 Å². The second-order valence-electron chi connectivity index (χ2n) is 7.82. The van der Waals surface area contributed by atoms with Crippen molar-refractivity contribution in [2.24, 2.45) is 0 Å². The monoisotopic (exact) mass is 487 g/mol. The van der Waals surface area contributed by atoms with Crippen molar-refractivity contribution in [3.63, 3.8) is 0 Å². The zero-order valence-corrected chi connectivity index (χ0v) is 19.5. The molecule has 0 aliphatic carbocycles. The number of nitrogens with one attached hydrogen (secondary N) is 1. The lowest BCUT2D eigenvalue weighted by Crippen LogP contribution is -2.52. The number of hydrogen-bond acceptors (Lipinski definition) is 7. The zero-order chi connectivity index (χ0) is 25.2. The fourth-order valence-corrected chi connectivity index (χ4v) is 3.36. The number of benzene rings is 1. The number of ether oxygens (including phenoxy) is 2. The Balaban J connectivity index is 1.54. The highest BCUT2D eigenvalue weighted by atomic mass is 16.6. The number of amides is 3. The van der Waals surface area contributed by atoms with Crippen molar-refractivity contribution < 1.29 is 33.8 Å². The molecule has 2 aromatic rings. The SMILES string of the molecule is CCCCOC(=O)N1CCN(C(=O)CNC(=O)c2cc(OCC(=O)O)n(-c3ccccc3)n2)CC1. The van der Waals surface area contributed by atoms with Crippen LogP contribution < -0.4 is 10.1 Å². The quantitative estimate of drug-likeness (QED) is 0.475. The molecular formula is C23H29N5O7. The Bertz CT molecular complexity index is 1030. The average Bonchev–Trinajstić information content (AvgIpc) is 3.31. The highest BCUT2D eigenvalue weighted by Crippen LogP contribution is 2.19. The molecule has 12 heteroatoms. The molecule has 12 nitrogen and oxygen atoms in total. The van der Waals surface area contributed by atoms with Crippen LogP contribution in [0.1, 0.15) is 30.3 Å². The van der Waals surface area contributed by atoms with E-state index < -0.39 is 18.5 Å². The molecule has 0 radical (unpaired) electrons. The van der Waals surface area contributed by atoms with Gasteiger partial charge in [0.05, 0.1) is 18.8 Å². The van der Waals surface area contributed by atoms with E-state index in [2.05, 4.69) is 10.4 Å². The summed E-state index contributed by atoms with van der Waals surface area (Å²) >= 11 is 0. The van der Waals surface area contributed by atoms with Crippen LogP contribution in [-0.2, 0) is 14.3 Å². The minimum atomic E-state index is -1.17. The zero-order valence-electron chi connectivity index (χ0n) is 19.5. The molecule has 0 unspecified atom stereocenters. The van der Waals surface area contributed by atoms with Gasteiger partial charge < -0.3 is 29.7 Å². The van der Waals surface area contributed by atoms with Gasteiger partial charge in [0.25, 0.3) is 5.91 Å². The van der Waals surface area contributed by atoms with Crippen molar-refractivity contribution in [3.05, 3.63) is 42.1 Å². The van der Waals surface area contributed by atoms with Crippen LogP contribution in [-0.4, -0.2) is 94.5 Å². The first-order valence-corrected chi connectivity index (χ1v) is 11.4. The molecule has 1 saturated heterocycles. The maximum absolute atomic E-state index is 12.6. The van der Waals surface area contributed by atoms with Gasteiger partial charge in [-0.3, -0.25) is 9.59 Å². The van der Waals surface area contributed by atoms with E-state index in [9.17, 15) is 19.2 Å². The summed E-state index contributed by atoms with van der Waals surface area (Å²) in [5.74, 6) is -1.98. The van der Waals surface area contributed by atoms with Crippen LogP contribution in [0.4, 0.5) is 4.79 Å². The van der Waals surface area contributed by atoms with Crippen molar-refractivity contribution >= 4 is 23.9 Å². The van der Waals surface area contributed by atoms with Gasteiger partial charge in [-0.05, 0) is 18.6 Å². The van der Waals surface area contributed by atoms with Gasteiger partial charge in [0.2, 0.25) is 11.8 Å². The third-order valence-electron chi connectivity index (χ3n) is 5.27. The van der Waals surface area contributed by atoms with E-state index in [0.717, 1.165) is 12.8 Å². The molecule has 1 aliphatic heterocycles. The van der Waals surface area contributed by atoms with Crippen molar-refractivity contribution in [2.45, 2.75) is 19.8 Å². The van der Waals surface area contributed by atoms with Gasteiger partial charge in [-0.2, -0.15) is 5.10 Å². The van der Waals surface area contributed by atoms with Crippen LogP contribution >= 0.6 is 0 Å². The Labute approximate surface area is 202 Å². The van der Waals surface area contributed by atoms with Gasteiger partial charge in [-0.15, -0.1) is 0 Å². The third-order valence-corrected chi connectivity index (χ3v) is 5.27. The highest BCUT2D eigenvalue weighted by molar-refractivity contribution is 5.95. The Hall–Kier alpha value is -4.09. The molecule has 0 atom stereocenters. The molecule has 1 aliphatic rings. The van der Waals surface area contributed by atoms with Crippen molar-refractivity contribution in [3.8, 4) is 11.6 Å². The fourth-order valence-electron chi connectivity index (χ4n) is 3.36. The van der Waals surface area contributed by atoms with Gasteiger partial charge in [-0.25, -0.2) is 14.3 Å². The summed E-state index contributed by atoms with van der Waals surface area (Å²) in [5, 5.41) is 15.7. The van der Waals surface area contributed by atoms with Crippen molar-refractivity contribution in [1.82, 2.24) is 24.9 Å². The van der Waals surface area contributed by atoms with E-state index in [1.54, 1.807) is 40.1 Å². The van der Waals surface area contributed by atoms with Crippen LogP contribution in [0.3, 0.4) is 0 Å². The van der Waals surface area contributed by atoms with Crippen LogP contribution in [0.25, 0.3) is 5.69 Å². The van der Waals surface area contributed by atoms with Crippen LogP contribution in [0.15, 0.2) is 36.4 Å². The summed E-state index contributed by atoms with van der Waals surface area (Å²) in [6, 6.07) is 10.1. The molecule has 188 valence electrons. The van der Waals surface area contributed by atoms with E-state index in [-0.39, 0.29) is 30.1 Å². The minimum Gasteiger partial charge on any atom is -0.479 e. The number of carbonyl (C=O) groups excluding carboxylic acids is 3. The molecule has 3 amide bonds. The molecule has 0 saturated carbocycles. The third kappa shape index (κ3) is 7.19. The Kier molecular flexibility index (Phi) is 9.04. The molecule has 2 N–H and O–H groups in total. The van der Waals surface area contributed by atoms with Gasteiger partial charge in [0.1, 0.15) is 0 Å². The van der Waals surface area contributed by atoms with Crippen LogP contribution in [0.2, 0.25) is 0 Å². The van der Waals surface area contributed by atoms with Gasteiger partial charge in [-0.1, -0.05) is 31.5 Å². The molecule has 2 heterocycles. The fraction of sp³-hybridized carbons (Fsp3) is 0.435. The lowest BCUT2D eigenvalue weighted by molar-refractivity contribution is -0.139. The largest absolute Gasteiger partial charge is 0.479 e. The first-order valence-electron chi connectivity index (χ1n) is 11.4. The Morgan fingerprint density at radius 2 is 1.74 bits per heavy atom. The van der Waals surface area contributed by atoms with Crippen LogP contribution in [0, 0.1) is 0 Å². The Morgan fingerprint density at radius 3 is 2.40 bits per heavy atom. The number of para-hydroxylation sites is 1. The van der Waals surface area contributed by atoms with Crippen molar-refractivity contribution in [1.29, 1.82) is 0 Å². The first kappa shape index (κ1) is 25.5. The summed E-state index contributed by atoms with van der Waals surface area (Å²) < 4.78 is 11.8. The number of carbonyl (C=O) groups is 4. The average molecular weight is 488 g/mol. The highest BCUT2D eigenvalue weighted by Gasteiger charge is 2.25. The number of carboxylic acid groups (broad SMARTS) is 1. The summed E-state index contributed by atoms with van der Waals surface area (Å²) in [5.41, 5.74) is 0.552. The van der Waals surface area contributed by atoms with Gasteiger partial charge in [0, 0.05) is 32.2 Å². The smallest absolute Gasteiger partial charge is 0.409 e. The number of aliphatic carboxylic acids is 1. The lowest BCUT2D eigenvalue weighted by atomic mass is 10.3. The molecular weight excluding hydrogens is 458 g/mol. The number of piperazine rings is 1. The number of hydrogen-bond donors (Lipinski definition) is 2. The second-order valence-corrected chi connectivity index (χ2v) is 7.82. The van der Waals surface area contributed by atoms with Gasteiger partial charge in [0.15, 0.2) is 12.3 Å². The molecule has 1 aromatic carbocycles. The second kappa shape index (κ2) is 12.4. The molecule has 0 bridgehead atoms. The number of aromatic nitrogens is 2. The Morgan fingerprint density at radius 1 is 1.06 bits per heavy atom. The van der Waals surface area contributed by atoms with E-state index in [4.69, 9.17) is 14.6 Å². The van der Waals surface area contributed by atoms with Crippen LogP contribution in [0.5, 0.6) is 5.88 Å². The number of nitrogens with zero attached hydrogens (tertiary/aromatic N) is 4. The summed E-state index contributed by atoms with van der Waals surface area (Å²) in [6.45, 7) is 2.94. The van der Waals surface area contributed by atoms with E-state index in [0.29, 0.717) is 38.5 Å². The first-order chi connectivity index (χ1) is 16.9. The van der Waals surface area contributed by atoms with E-state index in [1.807, 2.05) is 6.92 Å². The molecule has 35 heavy (non-hydrogen) atoms. The summed E-state index contributed by atoms with van der Waals surface area (Å²) in [4.78, 5) is 51.2. The normalized spacial score (nSPS) is 13.3. The maximum Gasteiger partial charge on any atom is 0.409 e. The van der Waals surface area contributed by atoms with E-state index >= 15 is 0 Å².